The zero-order valence-corrected chi connectivity index (χ0v) is 9.56. The molecule has 0 bridgehead atoms. The fourth-order valence-electron chi connectivity index (χ4n) is 2.01. The Morgan fingerprint density at radius 1 is 1.38 bits per heavy atom. The lowest BCUT2D eigenvalue weighted by molar-refractivity contribution is 0.780. The maximum atomic E-state index is 3.59. The maximum Gasteiger partial charge on any atom is 0.0250 e. The first-order valence-corrected chi connectivity index (χ1v) is 5.44. The van der Waals surface area contributed by atoms with Gasteiger partial charge in [-0.15, -0.1) is 0 Å². The van der Waals surface area contributed by atoms with E-state index in [1.165, 1.54) is 26.9 Å². The van der Waals surface area contributed by atoms with Crippen LogP contribution in [-0.2, 0) is 0 Å². The van der Waals surface area contributed by atoms with E-state index < -0.39 is 0 Å². The van der Waals surface area contributed by atoms with E-state index in [0.29, 0.717) is 5.92 Å². The molecule has 0 heterocycles. The Bertz CT molecular complexity index is 443. The number of benzene rings is 1. The molecule has 1 aromatic carbocycles. The minimum absolute atomic E-state index is 0.672. The third-order valence-electron chi connectivity index (χ3n) is 2.59. The van der Waals surface area contributed by atoms with Crippen LogP contribution in [0, 0.1) is 5.92 Å². The van der Waals surface area contributed by atoms with Crippen molar-refractivity contribution >= 4 is 27.6 Å². The Kier molecular flexibility index (Phi) is 2.29. The molecule has 1 aliphatic rings. The van der Waals surface area contributed by atoms with Gasteiger partial charge < -0.3 is 0 Å². The summed E-state index contributed by atoms with van der Waals surface area (Å²) in [6, 6.07) is 6.43. The van der Waals surface area contributed by atoms with Crippen LogP contribution in [0.25, 0.3) is 11.6 Å². The summed E-state index contributed by atoms with van der Waals surface area (Å²) in [7, 11) is 0. The van der Waals surface area contributed by atoms with Crippen molar-refractivity contribution in [3.8, 4) is 0 Å². The van der Waals surface area contributed by atoms with E-state index in [4.69, 9.17) is 0 Å². The average Bonchev–Trinajstić information content (AvgIpc) is 2.07. The first-order valence-electron chi connectivity index (χ1n) is 4.64. The summed E-state index contributed by atoms with van der Waals surface area (Å²) in [4.78, 5) is 0. The fraction of sp³-hybridized carbons (Fsp3) is 0.333. The molecule has 1 unspecified atom stereocenters. The van der Waals surface area contributed by atoms with Crippen molar-refractivity contribution in [3.05, 3.63) is 33.1 Å². The highest BCUT2D eigenvalue weighted by molar-refractivity contribution is 9.10. The maximum absolute atomic E-state index is 3.59. The highest BCUT2D eigenvalue weighted by Gasteiger charge is 2.07. The van der Waals surface area contributed by atoms with Crippen LogP contribution in [-0.4, -0.2) is 0 Å². The summed E-state index contributed by atoms with van der Waals surface area (Å²) in [5, 5.41) is 2.78. The molecular weight excluding hydrogens is 224 g/mol. The molecule has 0 saturated heterocycles. The lowest BCUT2D eigenvalue weighted by atomic mass is 9.93. The van der Waals surface area contributed by atoms with Crippen LogP contribution in [0.2, 0.25) is 0 Å². The average molecular weight is 237 g/mol. The summed E-state index contributed by atoms with van der Waals surface area (Å²) in [6.07, 6.45) is 3.55. The van der Waals surface area contributed by atoms with Crippen LogP contribution in [0.5, 0.6) is 0 Å². The second-order valence-electron chi connectivity index (χ2n) is 3.83. The van der Waals surface area contributed by atoms with Crippen molar-refractivity contribution in [3.63, 3.8) is 0 Å². The normalized spacial score (nSPS) is 20.8. The lowest BCUT2D eigenvalue weighted by Gasteiger charge is -2.13. The van der Waals surface area contributed by atoms with E-state index in [1.54, 1.807) is 0 Å². The first-order chi connectivity index (χ1) is 6.18. The molecule has 0 fully saturated rings. The Hall–Kier alpha value is -0.560. The zero-order valence-electron chi connectivity index (χ0n) is 7.97. The minimum atomic E-state index is 0.672. The third-order valence-corrected chi connectivity index (χ3v) is 3.28. The van der Waals surface area contributed by atoms with Crippen LogP contribution >= 0.6 is 15.9 Å². The molecule has 0 amide bonds. The van der Waals surface area contributed by atoms with E-state index in [0.717, 1.165) is 0 Å². The van der Waals surface area contributed by atoms with Crippen molar-refractivity contribution in [1.29, 1.82) is 0 Å². The van der Waals surface area contributed by atoms with Crippen molar-refractivity contribution in [1.82, 2.24) is 0 Å². The number of fused-ring (bicyclic) bond motifs is 1. The summed E-state index contributed by atoms with van der Waals surface area (Å²) >= 11 is 3.59. The SMILES string of the molecule is CC1=c2cccc(Br)c2=CC(C)C1. The van der Waals surface area contributed by atoms with E-state index in [1.807, 2.05) is 0 Å². The molecule has 13 heavy (non-hydrogen) atoms. The van der Waals surface area contributed by atoms with Crippen LogP contribution in [0.1, 0.15) is 20.3 Å². The van der Waals surface area contributed by atoms with Gasteiger partial charge in [-0.1, -0.05) is 46.6 Å². The van der Waals surface area contributed by atoms with Gasteiger partial charge in [0, 0.05) is 4.47 Å². The van der Waals surface area contributed by atoms with Gasteiger partial charge in [0.1, 0.15) is 0 Å². The Morgan fingerprint density at radius 2 is 2.15 bits per heavy atom. The quantitative estimate of drug-likeness (QED) is 0.650. The molecule has 0 nitrogen and oxygen atoms in total. The summed E-state index contributed by atoms with van der Waals surface area (Å²) in [5.74, 6) is 0.672. The van der Waals surface area contributed by atoms with Gasteiger partial charge >= 0.3 is 0 Å². The third kappa shape index (κ3) is 1.58. The Morgan fingerprint density at radius 3 is 2.92 bits per heavy atom. The molecule has 2 rings (SSSR count). The summed E-state index contributed by atoms with van der Waals surface area (Å²) in [6.45, 7) is 4.50. The predicted octanol–water partition coefficient (Wildman–Crippen LogP) is 2.44. The Balaban J connectivity index is 2.87. The second kappa shape index (κ2) is 3.30. The molecule has 1 aromatic rings. The fourth-order valence-corrected chi connectivity index (χ4v) is 2.51. The standard InChI is InChI=1S/C12H13Br/c1-8-6-9(2)10-4-3-5-12(13)11(10)7-8/h3-5,7-8H,6H2,1-2H3. The van der Waals surface area contributed by atoms with E-state index >= 15 is 0 Å². The smallest absolute Gasteiger partial charge is 0.0250 e. The molecule has 0 aliphatic heterocycles. The topological polar surface area (TPSA) is 0 Å². The van der Waals surface area contributed by atoms with E-state index in [2.05, 4.69) is 54.1 Å². The number of rotatable bonds is 0. The van der Waals surface area contributed by atoms with Crippen molar-refractivity contribution in [2.45, 2.75) is 20.3 Å². The van der Waals surface area contributed by atoms with Gasteiger partial charge in [-0.2, -0.15) is 0 Å². The highest BCUT2D eigenvalue weighted by Crippen LogP contribution is 2.15. The minimum Gasteiger partial charge on any atom is -0.0724 e. The van der Waals surface area contributed by atoms with Gasteiger partial charge in [-0.3, -0.25) is 0 Å². The van der Waals surface area contributed by atoms with Crippen LogP contribution in [0.3, 0.4) is 0 Å². The van der Waals surface area contributed by atoms with Crippen molar-refractivity contribution in [2.24, 2.45) is 5.92 Å². The first kappa shape index (κ1) is 9.01. The van der Waals surface area contributed by atoms with Crippen molar-refractivity contribution in [2.75, 3.05) is 0 Å². The van der Waals surface area contributed by atoms with Crippen LogP contribution in [0.4, 0.5) is 0 Å². The van der Waals surface area contributed by atoms with Crippen LogP contribution < -0.4 is 10.4 Å². The molecule has 1 heteroatoms. The molecule has 0 N–H and O–H groups in total. The molecule has 0 radical (unpaired) electrons. The monoisotopic (exact) mass is 236 g/mol. The highest BCUT2D eigenvalue weighted by atomic mass is 79.9. The molecular formula is C12H13Br. The molecule has 0 saturated carbocycles. The van der Waals surface area contributed by atoms with E-state index in [9.17, 15) is 0 Å². The number of hydrogen-bond acceptors (Lipinski definition) is 0. The molecule has 0 spiro atoms. The van der Waals surface area contributed by atoms with E-state index in [-0.39, 0.29) is 0 Å². The summed E-state index contributed by atoms with van der Waals surface area (Å²) in [5.41, 5.74) is 1.51. The van der Waals surface area contributed by atoms with Crippen LogP contribution in [0.15, 0.2) is 22.7 Å². The Labute approximate surface area is 87.1 Å². The molecule has 1 atom stereocenters. The number of halogens is 1. The van der Waals surface area contributed by atoms with Gasteiger partial charge in [0.15, 0.2) is 0 Å². The van der Waals surface area contributed by atoms with Crippen molar-refractivity contribution < 1.29 is 0 Å². The van der Waals surface area contributed by atoms with Gasteiger partial charge in [0.2, 0.25) is 0 Å². The lowest BCUT2D eigenvalue weighted by Crippen LogP contribution is -2.31. The largest absolute Gasteiger partial charge is 0.0724 e. The predicted molar refractivity (Wildman–Crippen MR) is 60.7 cm³/mol. The summed E-state index contributed by atoms with van der Waals surface area (Å²) < 4.78 is 1.22. The number of hydrogen-bond donors (Lipinski definition) is 0. The van der Waals surface area contributed by atoms with Gasteiger partial charge in [0.05, 0.1) is 0 Å². The van der Waals surface area contributed by atoms with Gasteiger partial charge in [-0.25, -0.2) is 0 Å². The second-order valence-corrected chi connectivity index (χ2v) is 4.68. The van der Waals surface area contributed by atoms with Gasteiger partial charge in [0.25, 0.3) is 0 Å². The molecule has 68 valence electrons. The zero-order chi connectivity index (χ0) is 9.42. The molecule has 0 aromatic heterocycles. The molecule has 1 aliphatic carbocycles. The van der Waals surface area contributed by atoms with Gasteiger partial charge in [-0.05, 0) is 35.8 Å².